The number of carbonyl (C=O) groups excluding carboxylic acids is 1. The molecule has 1 rings (SSSR count). The average Bonchev–Trinajstić information content (AvgIpc) is 2.23. The molecule has 1 amide bonds. The summed E-state index contributed by atoms with van der Waals surface area (Å²) in [5.74, 6) is -0.0993. The highest BCUT2D eigenvalue weighted by Gasteiger charge is 2.07. The third-order valence-corrected chi connectivity index (χ3v) is 3.28. The highest BCUT2D eigenvalue weighted by molar-refractivity contribution is 7.89. The third kappa shape index (κ3) is 8.14. The maximum Gasteiger partial charge on any atom is 0.221 e. The molecule has 1 aromatic rings. The van der Waals surface area contributed by atoms with Crippen LogP contribution in [0.4, 0.5) is 0 Å². The second kappa shape index (κ2) is 8.24. The van der Waals surface area contributed by atoms with Gasteiger partial charge in [-0.25, -0.2) is 8.42 Å². The number of nitrogens with one attached hydrogen (secondary N) is 1. The molecule has 0 fully saturated rings. The lowest BCUT2D eigenvalue weighted by molar-refractivity contribution is -0.121. The largest absolute Gasteiger partial charge is 0.352 e. The molecule has 114 valence electrons. The van der Waals surface area contributed by atoms with Crippen molar-refractivity contribution in [1.82, 2.24) is 5.32 Å². The predicted molar refractivity (Wildman–Crippen MR) is 82.4 cm³/mol. The molecule has 0 aliphatic heterocycles. The highest BCUT2D eigenvalue weighted by atomic mass is 35.5. The number of hydrogen-bond donors (Lipinski definition) is 2. The van der Waals surface area contributed by atoms with Crippen molar-refractivity contribution in [3.63, 3.8) is 0 Å². The monoisotopic (exact) mass is 320 g/mol. The van der Waals surface area contributed by atoms with Crippen LogP contribution in [0.3, 0.4) is 0 Å². The fourth-order valence-corrected chi connectivity index (χ4v) is 2.48. The Bertz CT molecular complexity index is 544. The lowest BCUT2D eigenvalue weighted by Gasteiger charge is -2.08. The molecule has 5 nitrogen and oxygen atoms in total. The van der Waals surface area contributed by atoms with E-state index < -0.39 is 9.84 Å². The molecule has 7 heteroatoms. The third-order valence-electron chi connectivity index (χ3n) is 2.42. The van der Waals surface area contributed by atoms with Gasteiger partial charge in [0.2, 0.25) is 5.91 Å². The predicted octanol–water partition coefficient (Wildman–Crippen LogP) is 1.01. The van der Waals surface area contributed by atoms with Gasteiger partial charge in [0.05, 0.1) is 5.75 Å². The molecule has 0 bridgehead atoms. The number of nitrogens with two attached hydrogens (primary N) is 1. The summed E-state index contributed by atoms with van der Waals surface area (Å²) in [7, 11) is -3.04. The molecule has 0 spiro atoms. The number of halogens is 1. The lowest BCUT2D eigenvalue weighted by atomic mass is 10.1. The number of rotatable bonds is 6. The van der Waals surface area contributed by atoms with Crippen LogP contribution < -0.4 is 11.1 Å². The molecule has 0 aliphatic carbocycles. The van der Waals surface area contributed by atoms with Gasteiger partial charge in [0.25, 0.3) is 0 Å². The van der Waals surface area contributed by atoms with E-state index in [-0.39, 0.29) is 36.5 Å². The van der Waals surface area contributed by atoms with Crippen molar-refractivity contribution in [1.29, 1.82) is 0 Å². The van der Waals surface area contributed by atoms with Crippen LogP contribution in [-0.4, -0.2) is 26.6 Å². The number of sulfone groups is 1. The SMILES string of the molecule is CC(N)CC(=O)NCc1cccc(CS(C)(=O)=O)c1.Cl. The fourth-order valence-electron chi connectivity index (χ4n) is 1.70. The summed E-state index contributed by atoms with van der Waals surface area (Å²) < 4.78 is 22.4. The fraction of sp³-hybridized carbons (Fsp3) is 0.462. The Morgan fingerprint density at radius 1 is 1.35 bits per heavy atom. The first-order chi connectivity index (χ1) is 8.76. The van der Waals surface area contributed by atoms with Gasteiger partial charge >= 0.3 is 0 Å². The van der Waals surface area contributed by atoms with E-state index in [0.29, 0.717) is 6.54 Å². The molecular formula is C13H21ClN2O3S. The van der Waals surface area contributed by atoms with Crippen LogP contribution in [0, 0.1) is 0 Å². The number of amides is 1. The van der Waals surface area contributed by atoms with E-state index in [1.807, 2.05) is 6.07 Å². The summed E-state index contributed by atoms with van der Waals surface area (Å²) in [6.07, 6.45) is 1.48. The van der Waals surface area contributed by atoms with E-state index in [0.717, 1.165) is 11.1 Å². The van der Waals surface area contributed by atoms with Crippen LogP contribution in [0.1, 0.15) is 24.5 Å². The highest BCUT2D eigenvalue weighted by Crippen LogP contribution is 2.08. The maximum absolute atomic E-state index is 11.5. The van der Waals surface area contributed by atoms with Crippen molar-refractivity contribution in [2.75, 3.05) is 6.26 Å². The molecule has 0 saturated heterocycles. The minimum atomic E-state index is -3.04. The van der Waals surface area contributed by atoms with Crippen LogP contribution in [-0.2, 0) is 26.9 Å². The summed E-state index contributed by atoms with van der Waals surface area (Å²) >= 11 is 0. The summed E-state index contributed by atoms with van der Waals surface area (Å²) in [6, 6.07) is 7.00. The molecule has 0 saturated carbocycles. The zero-order valence-electron chi connectivity index (χ0n) is 11.6. The van der Waals surface area contributed by atoms with Crippen LogP contribution in [0.2, 0.25) is 0 Å². The molecule has 20 heavy (non-hydrogen) atoms. The van der Waals surface area contributed by atoms with E-state index in [4.69, 9.17) is 5.73 Å². The van der Waals surface area contributed by atoms with E-state index in [9.17, 15) is 13.2 Å². The first-order valence-corrected chi connectivity index (χ1v) is 8.10. The molecule has 1 unspecified atom stereocenters. The molecule has 3 N–H and O–H groups in total. The van der Waals surface area contributed by atoms with Crippen molar-refractivity contribution in [3.05, 3.63) is 35.4 Å². The van der Waals surface area contributed by atoms with Crippen molar-refractivity contribution < 1.29 is 13.2 Å². The number of carbonyl (C=O) groups is 1. The zero-order valence-corrected chi connectivity index (χ0v) is 13.3. The van der Waals surface area contributed by atoms with E-state index >= 15 is 0 Å². The van der Waals surface area contributed by atoms with Gasteiger partial charge in [-0.15, -0.1) is 12.4 Å². The van der Waals surface area contributed by atoms with Gasteiger partial charge in [-0.1, -0.05) is 24.3 Å². The second-order valence-electron chi connectivity index (χ2n) is 4.85. The Morgan fingerprint density at radius 3 is 2.50 bits per heavy atom. The summed E-state index contributed by atoms with van der Waals surface area (Å²) in [4.78, 5) is 11.5. The summed E-state index contributed by atoms with van der Waals surface area (Å²) in [5, 5.41) is 2.75. The van der Waals surface area contributed by atoms with Crippen LogP contribution in [0.25, 0.3) is 0 Å². The van der Waals surface area contributed by atoms with Crippen LogP contribution >= 0.6 is 12.4 Å². The standard InChI is InChI=1S/C13H20N2O3S.ClH/c1-10(14)6-13(16)15-8-11-4-3-5-12(7-11)9-19(2,17)18;/h3-5,7,10H,6,8-9,14H2,1-2H3,(H,15,16);1H. The smallest absolute Gasteiger partial charge is 0.221 e. The number of hydrogen-bond acceptors (Lipinski definition) is 4. The van der Waals surface area contributed by atoms with Crippen molar-refractivity contribution >= 4 is 28.2 Å². The van der Waals surface area contributed by atoms with Crippen molar-refractivity contribution in [2.24, 2.45) is 5.73 Å². The average molecular weight is 321 g/mol. The quantitative estimate of drug-likeness (QED) is 0.818. The van der Waals surface area contributed by atoms with Crippen LogP contribution in [0.15, 0.2) is 24.3 Å². The number of benzene rings is 1. The Balaban J connectivity index is 0.00000361. The summed E-state index contributed by atoms with van der Waals surface area (Å²) in [5.41, 5.74) is 7.13. The van der Waals surface area contributed by atoms with E-state index in [2.05, 4.69) is 5.32 Å². The molecule has 1 aromatic carbocycles. The van der Waals surface area contributed by atoms with Gasteiger partial charge in [0.1, 0.15) is 0 Å². The Morgan fingerprint density at radius 2 is 1.95 bits per heavy atom. The van der Waals surface area contributed by atoms with Crippen LogP contribution in [0.5, 0.6) is 0 Å². The molecule has 0 radical (unpaired) electrons. The zero-order chi connectivity index (χ0) is 14.5. The van der Waals surface area contributed by atoms with Gasteiger partial charge in [0, 0.05) is 25.3 Å². The molecular weight excluding hydrogens is 300 g/mol. The van der Waals surface area contributed by atoms with Crippen molar-refractivity contribution in [3.8, 4) is 0 Å². The maximum atomic E-state index is 11.5. The topological polar surface area (TPSA) is 89.3 Å². The normalized spacial score (nSPS) is 12.3. The molecule has 0 heterocycles. The van der Waals surface area contributed by atoms with Crippen molar-refractivity contribution in [2.45, 2.75) is 31.7 Å². The molecule has 0 aromatic heterocycles. The minimum Gasteiger partial charge on any atom is -0.352 e. The van der Waals surface area contributed by atoms with Gasteiger partial charge in [-0.3, -0.25) is 4.79 Å². The van der Waals surface area contributed by atoms with Gasteiger partial charge in [0.15, 0.2) is 9.84 Å². The molecule has 0 aliphatic rings. The minimum absolute atomic E-state index is 0. The van der Waals surface area contributed by atoms with E-state index in [1.54, 1.807) is 25.1 Å². The molecule has 1 atom stereocenters. The lowest BCUT2D eigenvalue weighted by Crippen LogP contribution is -2.29. The first kappa shape index (κ1) is 18.9. The second-order valence-corrected chi connectivity index (χ2v) is 6.99. The van der Waals surface area contributed by atoms with Gasteiger partial charge < -0.3 is 11.1 Å². The summed E-state index contributed by atoms with van der Waals surface area (Å²) in [6.45, 7) is 2.15. The Hall–Kier alpha value is -1.11. The van der Waals surface area contributed by atoms with E-state index in [1.165, 1.54) is 6.26 Å². The Kier molecular flexibility index (Phi) is 7.78. The van der Waals surface area contributed by atoms with Gasteiger partial charge in [-0.05, 0) is 18.1 Å². The first-order valence-electron chi connectivity index (χ1n) is 6.04. The van der Waals surface area contributed by atoms with Gasteiger partial charge in [-0.2, -0.15) is 0 Å². The Labute approximate surface area is 126 Å².